The van der Waals surface area contributed by atoms with E-state index < -0.39 is 0 Å². The second-order valence-corrected chi connectivity index (χ2v) is 4.33. The van der Waals surface area contributed by atoms with Crippen LogP contribution in [0.1, 0.15) is 12.8 Å². The molecule has 0 amide bonds. The molecule has 0 radical (unpaired) electrons. The molecule has 0 atom stereocenters. The summed E-state index contributed by atoms with van der Waals surface area (Å²) >= 11 is 0. The molecule has 2 aromatic rings. The molecule has 0 saturated heterocycles. The van der Waals surface area contributed by atoms with Crippen LogP contribution < -0.4 is 10.1 Å². The molecule has 2 heteroatoms. The molecule has 0 heterocycles. The Morgan fingerprint density at radius 1 is 0.882 bits per heavy atom. The third kappa shape index (κ3) is 2.59. The Labute approximate surface area is 101 Å². The molecule has 2 aromatic carbocycles. The molecular formula is C15H15NO. The van der Waals surface area contributed by atoms with Crippen molar-refractivity contribution < 1.29 is 4.74 Å². The Hall–Kier alpha value is -1.96. The number of ether oxygens (including phenoxy) is 1. The van der Waals surface area contributed by atoms with Gasteiger partial charge in [-0.2, -0.15) is 0 Å². The van der Waals surface area contributed by atoms with Gasteiger partial charge < -0.3 is 10.1 Å². The predicted octanol–water partition coefficient (Wildman–Crippen LogP) is 4.05. The number of para-hydroxylation sites is 3. The summed E-state index contributed by atoms with van der Waals surface area (Å²) in [6.45, 7) is 0. The van der Waals surface area contributed by atoms with Crippen LogP contribution in [0.25, 0.3) is 0 Å². The van der Waals surface area contributed by atoms with Crippen molar-refractivity contribution in [3.63, 3.8) is 0 Å². The molecule has 0 aliphatic heterocycles. The Kier molecular flexibility index (Phi) is 2.70. The van der Waals surface area contributed by atoms with Crippen LogP contribution in [0.2, 0.25) is 0 Å². The molecular weight excluding hydrogens is 210 g/mol. The van der Waals surface area contributed by atoms with E-state index in [1.165, 1.54) is 12.8 Å². The van der Waals surface area contributed by atoms with Crippen molar-refractivity contribution >= 4 is 5.69 Å². The molecule has 2 nitrogen and oxygen atoms in total. The molecule has 3 rings (SSSR count). The summed E-state index contributed by atoms with van der Waals surface area (Å²) in [6.07, 6.45) is 2.53. The number of anilines is 1. The van der Waals surface area contributed by atoms with Crippen molar-refractivity contribution in [3.05, 3.63) is 54.6 Å². The largest absolute Gasteiger partial charge is 0.455 e. The van der Waals surface area contributed by atoms with Gasteiger partial charge in [0.15, 0.2) is 5.75 Å². The highest BCUT2D eigenvalue weighted by Crippen LogP contribution is 2.33. The monoisotopic (exact) mass is 225 g/mol. The van der Waals surface area contributed by atoms with Crippen LogP contribution in [-0.2, 0) is 0 Å². The van der Waals surface area contributed by atoms with Crippen molar-refractivity contribution in [2.45, 2.75) is 18.9 Å². The van der Waals surface area contributed by atoms with Gasteiger partial charge in [0.05, 0.1) is 5.69 Å². The van der Waals surface area contributed by atoms with E-state index in [-0.39, 0.29) is 0 Å². The third-order valence-electron chi connectivity index (χ3n) is 2.80. The number of hydrogen-bond acceptors (Lipinski definition) is 2. The first-order chi connectivity index (χ1) is 8.42. The van der Waals surface area contributed by atoms with Crippen molar-refractivity contribution in [1.82, 2.24) is 0 Å². The molecule has 1 fully saturated rings. The standard InChI is InChI=1S/C15H15NO/c1-2-6-13(7-3-1)17-15-9-5-4-8-14(15)16-12-10-11-12/h1-9,12,16H,10-11H2. The van der Waals surface area contributed by atoms with E-state index in [2.05, 4.69) is 11.4 Å². The summed E-state index contributed by atoms with van der Waals surface area (Å²) in [5.74, 6) is 1.77. The third-order valence-corrected chi connectivity index (χ3v) is 2.80. The maximum atomic E-state index is 5.88. The van der Waals surface area contributed by atoms with Gasteiger partial charge in [0.2, 0.25) is 0 Å². The van der Waals surface area contributed by atoms with Gasteiger partial charge in [0, 0.05) is 6.04 Å². The Balaban J connectivity index is 1.81. The Morgan fingerprint density at radius 2 is 1.59 bits per heavy atom. The number of hydrogen-bond donors (Lipinski definition) is 1. The van der Waals surface area contributed by atoms with Crippen LogP contribution >= 0.6 is 0 Å². The van der Waals surface area contributed by atoms with Crippen LogP contribution in [0.4, 0.5) is 5.69 Å². The van der Waals surface area contributed by atoms with E-state index in [1.54, 1.807) is 0 Å². The highest BCUT2D eigenvalue weighted by molar-refractivity contribution is 5.58. The topological polar surface area (TPSA) is 21.3 Å². The number of nitrogens with one attached hydrogen (secondary N) is 1. The zero-order chi connectivity index (χ0) is 11.5. The molecule has 0 unspecified atom stereocenters. The van der Waals surface area contributed by atoms with Gasteiger partial charge in [0.1, 0.15) is 5.75 Å². The van der Waals surface area contributed by atoms with Gasteiger partial charge >= 0.3 is 0 Å². The first-order valence-corrected chi connectivity index (χ1v) is 6.00. The van der Waals surface area contributed by atoms with Gasteiger partial charge in [-0.15, -0.1) is 0 Å². The van der Waals surface area contributed by atoms with Gasteiger partial charge in [-0.25, -0.2) is 0 Å². The lowest BCUT2D eigenvalue weighted by Crippen LogP contribution is -2.02. The molecule has 17 heavy (non-hydrogen) atoms. The number of rotatable bonds is 4. The minimum absolute atomic E-state index is 0.635. The Bertz CT molecular complexity index is 491. The summed E-state index contributed by atoms with van der Waals surface area (Å²) in [7, 11) is 0. The molecule has 0 aromatic heterocycles. The molecule has 1 saturated carbocycles. The molecule has 86 valence electrons. The summed E-state index contributed by atoms with van der Waals surface area (Å²) in [5, 5.41) is 3.48. The van der Waals surface area contributed by atoms with Gasteiger partial charge in [-0.3, -0.25) is 0 Å². The minimum atomic E-state index is 0.635. The fraction of sp³-hybridized carbons (Fsp3) is 0.200. The summed E-state index contributed by atoms with van der Waals surface area (Å²) in [4.78, 5) is 0. The first-order valence-electron chi connectivity index (χ1n) is 6.00. The lowest BCUT2D eigenvalue weighted by molar-refractivity contribution is 0.484. The predicted molar refractivity (Wildman–Crippen MR) is 69.6 cm³/mol. The lowest BCUT2D eigenvalue weighted by atomic mass is 10.3. The summed E-state index contributed by atoms with van der Waals surface area (Å²) < 4.78 is 5.88. The van der Waals surface area contributed by atoms with E-state index in [9.17, 15) is 0 Å². The van der Waals surface area contributed by atoms with Crippen LogP contribution in [0.3, 0.4) is 0 Å². The highest BCUT2D eigenvalue weighted by atomic mass is 16.5. The summed E-state index contributed by atoms with van der Waals surface area (Å²) in [6, 6.07) is 18.6. The fourth-order valence-electron chi connectivity index (χ4n) is 1.74. The lowest BCUT2D eigenvalue weighted by Gasteiger charge is -2.12. The molecule has 1 aliphatic rings. The van der Waals surface area contributed by atoms with E-state index >= 15 is 0 Å². The second-order valence-electron chi connectivity index (χ2n) is 4.33. The fourth-order valence-corrected chi connectivity index (χ4v) is 1.74. The van der Waals surface area contributed by atoms with Gasteiger partial charge in [-0.05, 0) is 37.1 Å². The van der Waals surface area contributed by atoms with Crippen LogP contribution in [0, 0.1) is 0 Å². The van der Waals surface area contributed by atoms with Crippen LogP contribution in [0.5, 0.6) is 11.5 Å². The smallest absolute Gasteiger partial charge is 0.150 e. The second kappa shape index (κ2) is 4.50. The average Bonchev–Trinajstić information content (AvgIpc) is 3.17. The van der Waals surface area contributed by atoms with Crippen molar-refractivity contribution in [3.8, 4) is 11.5 Å². The van der Waals surface area contributed by atoms with Gasteiger partial charge in [-0.1, -0.05) is 30.3 Å². The Morgan fingerprint density at radius 3 is 2.35 bits per heavy atom. The zero-order valence-electron chi connectivity index (χ0n) is 9.60. The average molecular weight is 225 g/mol. The maximum Gasteiger partial charge on any atom is 0.150 e. The molecule has 0 spiro atoms. The zero-order valence-corrected chi connectivity index (χ0v) is 9.60. The molecule has 1 aliphatic carbocycles. The van der Waals surface area contributed by atoms with Crippen molar-refractivity contribution in [2.24, 2.45) is 0 Å². The molecule has 1 N–H and O–H groups in total. The first kappa shape index (κ1) is 10.2. The van der Waals surface area contributed by atoms with Crippen LogP contribution in [0.15, 0.2) is 54.6 Å². The number of benzene rings is 2. The van der Waals surface area contributed by atoms with Crippen molar-refractivity contribution in [1.29, 1.82) is 0 Å². The summed E-state index contributed by atoms with van der Waals surface area (Å²) in [5.41, 5.74) is 1.08. The highest BCUT2D eigenvalue weighted by Gasteiger charge is 2.22. The van der Waals surface area contributed by atoms with Gasteiger partial charge in [0.25, 0.3) is 0 Å². The quantitative estimate of drug-likeness (QED) is 0.847. The molecule has 0 bridgehead atoms. The minimum Gasteiger partial charge on any atom is -0.455 e. The maximum absolute atomic E-state index is 5.88. The van der Waals surface area contributed by atoms with Crippen molar-refractivity contribution in [2.75, 3.05) is 5.32 Å². The van der Waals surface area contributed by atoms with E-state index in [0.717, 1.165) is 17.2 Å². The van der Waals surface area contributed by atoms with E-state index in [0.29, 0.717) is 6.04 Å². The van der Waals surface area contributed by atoms with E-state index in [1.807, 2.05) is 48.5 Å². The van der Waals surface area contributed by atoms with Crippen LogP contribution in [-0.4, -0.2) is 6.04 Å². The van der Waals surface area contributed by atoms with E-state index in [4.69, 9.17) is 4.74 Å². The normalized spacial score (nSPS) is 14.4. The SMILES string of the molecule is c1ccc(Oc2ccccc2NC2CC2)cc1.